The lowest BCUT2D eigenvalue weighted by atomic mass is 9.91. The van der Waals surface area contributed by atoms with Crippen molar-refractivity contribution in [3.05, 3.63) is 12.3 Å². The van der Waals surface area contributed by atoms with E-state index >= 15 is 0 Å². The molecule has 152 valence electrons. The maximum Gasteiger partial charge on any atom is 0.407 e. The molecular weight excluding hydrogens is 350 g/mol. The molecule has 0 saturated heterocycles. The number of ether oxygens (including phenoxy) is 2. The van der Waals surface area contributed by atoms with Crippen molar-refractivity contribution in [1.29, 1.82) is 0 Å². The van der Waals surface area contributed by atoms with E-state index in [0.717, 1.165) is 25.7 Å². The number of hydrogen-bond donors (Lipinski definition) is 2. The minimum Gasteiger partial charge on any atom is -0.467 e. The predicted molar refractivity (Wildman–Crippen MR) is 99.7 cm³/mol. The second-order valence-electron chi connectivity index (χ2n) is 7.86. The molecule has 1 amide bonds. The van der Waals surface area contributed by atoms with Crippen molar-refractivity contribution in [2.45, 2.75) is 77.0 Å². The number of amides is 1. The smallest absolute Gasteiger partial charge is 0.407 e. The number of aromatic nitrogens is 1. The van der Waals surface area contributed by atoms with Crippen molar-refractivity contribution in [3.8, 4) is 5.88 Å². The van der Waals surface area contributed by atoms with Crippen molar-refractivity contribution in [3.63, 3.8) is 0 Å². The second-order valence-corrected chi connectivity index (χ2v) is 7.86. The van der Waals surface area contributed by atoms with Gasteiger partial charge in [-0.2, -0.15) is 0 Å². The monoisotopic (exact) mass is 381 g/mol. The summed E-state index contributed by atoms with van der Waals surface area (Å²) < 4.78 is 15.3. The summed E-state index contributed by atoms with van der Waals surface area (Å²) in [5, 5.41) is 9.81. The van der Waals surface area contributed by atoms with Crippen molar-refractivity contribution in [2.24, 2.45) is 0 Å². The Labute approximate surface area is 160 Å². The van der Waals surface area contributed by atoms with Gasteiger partial charge in [-0.1, -0.05) is 6.42 Å². The molecule has 0 aromatic carbocycles. The Balaban J connectivity index is 1.68. The van der Waals surface area contributed by atoms with Gasteiger partial charge in [0.15, 0.2) is 5.78 Å². The summed E-state index contributed by atoms with van der Waals surface area (Å²) in [6.45, 7) is 5.98. The van der Waals surface area contributed by atoms with Crippen LogP contribution in [-0.2, 0) is 9.53 Å². The molecular formula is C19H31N3O5. The summed E-state index contributed by atoms with van der Waals surface area (Å²) >= 11 is 0. The highest BCUT2D eigenvalue weighted by Gasteiger charge is 2.25. The highest BCUT2D eigenvalue weighted by molar-refractivity contribution is 5.85. The molecule has 1 aliphatic rings. The Morgan fingerprint density at radius 1 is 1.33 bits per heavy atom. The van der Waals surface area contributed by atoms with E-state index in [1.165, 1.54) is 12.7 Å². The Morgan fingerprint density at radius 3 is 2.70 bits per heavy atom. The van der Waals surface area contributed by atoms with E-state index in [4.69, 9.17) is 14.0 Å². The number of hydrogen-bond acceptors (Lipinski definition) is 7. The summed E-state index contributed by atoms with van der Waals surface area (Å²) in [4.78, 5) is 24.1. The third-order valence-electron chi connectivity index (χ3n) is 4.29. The van der Waals surface area contributed by atoms with Gasteiger partial charge in [-0.15, -0.1) is 0 Å². The summed E-state index contributed by atoms with van der Waals surface area (Å²) in [6.07, 6.45) is 6.70. The van der Waals surface area contributed by atoms with Gasteiger partial charge in [0.2, 0.25) is 0 Å². The lowest BCUT2D eigenvalue weighted by Crippen LogP contribution is -2.47. The van der Waals surface area contributed by atoms with Gasteiger partial charge in [0, 0.05) is 18.7 Å². The number of Topliss-reactive ketones (excluding diaryl/α,β-unsaturated/α-hetero) is 1. The maximum absolute atomic E-state index is 12.5. The summed E-state index contributed by atoms with van der Waals surface area (Å²) in [5.74, 6) is 0.317. The molecule has 0 spiro atoms. The summed E-state index contributed by atoms with van der Waals surface area (Å²) in [5.41, 5.74) is -0.502. The molecule has 1 aromatic rings. The van der Waals surface area contributed by atoms with Crippen LogP contribution in [0.4, 0.5) is 4.79 Å². The molecule has 1 aromatic heterocycles. The van der Waals surface area contributed by atoms with E-state index in [1.54, 1.807) is 6.07 Å². The average molecular weight is 381 g/mol. The molecule has 1 saturated carbocycles. The van der Waals surface area contributed by atoms with Gasteiger partial charge < -0.3 is 24.6 Å². The number of ketones is 1. The van der Waals surface area contributed by atoms with Crippen LogP contribution >= 0.6 is 0 Å². The van der Waals surface area contributed by atoms with Gasteiger partial charge in [0.05, 0.1) is 6.04 Å². The topological polar surface area (TPSA) is 103 Å². The minimum absolute atomic E-state index is 0.00463. The van der Waals surface area contributed by atoms with Gasteiger partial charge in [-0.05, 0) is 58.0 Å². The Kier molecular flexibility index (Phi) is 8.09. The number of carbonyl (C=O) groups excluding carboxylic acids is 2. The molecule has 0 bridgehead atoms. The number of nitrogens with zero attached hydrogens (tertiary/aromatic N) is 1. The van der Waals surface area contributed by atoms with Crippen LogP contribution in [0.25, 0.3) is 0 Å². The lowest BCUT2D eigenvalue weighted by Gasteiger charge is -2.31. The fraction of sp³-hybridized carbons (Fsp3) is 0.737. The number of alkyl carbamates (subject to hydrolysis) is 1. The van der Waals surface area contributed by atoms with E-state index in [9.17, 15) is 9.59 Å². The number of unbranched alkanes of at least 4 members (excludes halogenated alkanes) is 1. The summed E-state index contributed by atoms with van der Waals surface area (Å²) in [6, 6.07) is 1.74. The van der Waals surface area contributed by atoms with Crippen molar-refractivity contribution in [2.75, 3.05) is 13.2 Å². The van der Waals surface area contributed by atoms with Gasteiger partial charge in [-0.3, -0.25) is 4.79 Å². The van der Waals surface area contributed by atoms with Gasteiger partial charge in [-0.25, -0.2) is 4.79 Å². The highest BCUT2D eigenvalue weighted by atomic mass is 16.6. The number of carbonyl (C=O) groups is 2. The molecule has 8 nitrogen and oxygen atoms in total. The molecule has 0 unspecified atom stereocenters. The molecule has 1 fully saturated rings. The largest absolute Gasteiger partial charge is 0.467 e. The fourth-order valence-corrected chi connectivity index (χ4v) is 2.70. The van der Waals surface area contributed by atoms with E-state index in [0.29, 0.717) is 24.9 Å². The van der Waals surface area contributed by atoms with Crippen LogP contribution in [-0.4, -0.2) is 47.9 Å². The van der Waals surface area contributed by atoms with Crippen molar-refractivity contribution >= 4 is 11.9 Å². The Bertz CT molecular complexity index is 579. The first-order valence-corrected chi connectivity index (χ1v) is 9.62. The van der Waals surface area contributed by atoms with Crippen LogP contribution < -0.4 is 15.4 Å². The molecule has 8 heteroatoms. The van der Waals surface area contributed by atoms with Gasteiger partial charge >= 0.3 is 6.09 Å². The first-order valence-electron chi connectivity index (χ1n) is 9.62. The number of rotatable bonds is 11. The fourth-order valence-electron chi connectivity index (χ4n) is 2.70. The zero-order chi connectivity index (χ0) is 19.7. The zero-order valence-corrected chi connectivity index (χ0v) is 16.5. The molecule has 1 heterocycles. The normalized spacial score (nSPS) is 15.7. The minimum atomic E-state index is -0.502. The molecule has 1 aliphatic carbocycles. The SMILES string of the molecule is CC(C)(C)OC(=O)NCCCC[C@H](NC1CCC1)C(=O)COc1ccon1. The average Bonchev–Trinajstić information content (AvgIpc) is 3.05. The Morgan fingerprint density at radius 2 is 2.11 bits per heavy atom. The van der Waals surface area contributed by atoms with E-state index < -0.39 is 11.7 Å². The highest BCUT2D eigenvalue weighted by Crippen LogP contribution is 2.20. The zero-order valence-electron chi connectivity index (χ0n) is 16.5. The quantitative estimate of drug-likeness (QED) is 0.568. The number of nitrogens with one attached hydrogen (secondary N) is 2. The van der Waals surface area contributed by atoms with E-state index in [1.807, 2.05) is 20.8 Å². The predicted octanol–water partition coefficient (Wildman–Crippen LogP) is 2.83. The maximum atomic E-state index is 12.5. The summed E-state index contributed by atoms with van der Waals surface area (Å²) in [7, 11) is 0. The molecule has 1 atom stereocenters. The third-order valence-corrected chi connectivity index (χ3v) is 4.29. The van der Waals surface area contributed by atoms with E-state index in [2.05, 4.69) is 15.8 Å². The second kappa shape index (κ2) is 10.3. The van der Waals surface area contributed by atoms with Crippen molar-refractivity contribution < 1.29 is 23.6 Å². The first kappa shape index (κ1) is 21.2. The van der Waals surface area contributed by atoms with Crippen LogP contribution in [0.3, 0.4) is 0 Å². The molecule has 0 aliphatic heterocycles. The van der Waals surface area contributed by atoms with Crippen LogP contribution in [0.5, 0.6) is 5.88 Å². The Hall–Kier alpha value is -2.09. The molecule has 0 radical (unpaired) electrons. The third kappa shape index (κ3) is 8.43. The van der Waals surface area contributed by atoms with Crippen LogP contribution in [0.2, 0.25) is 0 Å². The van der Waals surface area contributed by atoms with Crippen LogP contribution in [0.1, 0.15) is 59.3 Å². The molecule has 2 rings (SSSR count). The first-order chi connectivity index (χ1) is 12.8. The van der Waals surface area contributed by atoms with Gasteiger partial charge in [0.25, 0.3) is 5.88 Å². The molecule has 27 heavy (non-hydrogen) atoms. The van der Waals surface area contributed by atoms with Crippen LogP contribution in [0, 0.1) is 0 Å². The lowest BCUT2D eigenvalue weighted by molar-refractivity contribution is -0.123. The van der Waals surface area contributed by atoms with Gasteiger partial charge in [0.1, 0.15) is 18.5 Å². The standard InChI is InChI=1S/C19H31N3O5/c1-19(2,3)27-18(24)20-11-5-4-9-15(21-14-7-6-8-14)16(23)13-25-17-10-12-26-22-17/h10,12,14-15,21H,4-9,11,13H2,1-3H3,(H,20,24)/t15-/m0/s1. The van der Waals surface area contributed by atoms with Crippen LogP contribution in [0.15, 0.2) is 16.9 Å². The molecule has 2 N–H and O–H groups in total. The van der Waals surface area contributed by atoms with E-state index in [-0.39, 0.29) is 18.4 Å². The van der Waals surface area contributed by atoms with Crippen molar-refractivity contribution in [1.82, 2.24) is 15.8 Å².